The number of anilines is 1. The van der Waals surface area contributed by atoms with Crippen LogP contribution in [0.15, 0.2) is 78.9 Å². The third kappa shape index (κ3) is 5.12. The molecule has 6 heteroatoms. The van der Waals surface area contributed by atoms with Gasteiger partial charge in [-0.05, 0) is 69.2 Å². The molecule has 188 valence electrons. The molecule has 0 aromatic heterocycles. The number of esters is 1. The van der Waals surface area contributed by atoms with E-state index in [0.717, 1.165) is 17.0 Å². The van der Waals surface area contributed by atoms with Crippen LogP contribution in [-0.2, 0) is 15.1 Å². The Morgan fingerprint density at radius 1 is 0.972 bits per heavy atom. The second-order valence-electron chi connectivity index (χ2n) is 10.1. The van der Waals surface area contributed by atoms with Crippen molar-refractivity contribution in [3.8, 4) is 5.75 Å². The molecule has 0 spiro atoms. The van der Waals surface area contributed by atoms with Gasteiger partial charge in [0.1, 0.15) is 11.4 Å². The van der Waals surface area contributed by atoms with Gasteiger partial charge in [0.05, 0.1) is 7.11 Å². The zero-order valence-electron chi connectivity index (χ0n) is 21.2. The predicted molar refractivity (Wildman–Crippen MR) is 143 cm³/mol. The zero-order valence-corrected chi connectivity index (χ0v) is 21.9. The molecule has 3 aromatic carbocycles. The first kappa shape index (κ1) is 25.8. The molecular formula is C30H32ClNO4. The molecule has 1 aliphatic rings. The van der Waals surface area contributed by atoms with Crippen LogP contribution in [-0.4, -0.2) is 31.0 Å². The highest BCUT2D eigenvalue weighted by Crippen LogP contribution is 2.49. The largest absolute Gasteiger partial charge is 0.497 e. The van der Waals surface area contributed by atoms with Gasteiger partial charge in [-0.1, -0.05) is 54.1 Å². The summed E-state index contributed by atoms with van der Waals surface area (Å²) < 4.78 is 11.4. The van der Waals surface area contributed by atoms with Gasteiger partial charge >= 0.3 is 5.97 Å². The lowest BCUT2D eigenvalue weighted by molar-refractivity contribution is -0.163. The van der Waals surface area contributed by atoms with E-state index in [1.54, 1.807) is 19.2 Å². The van der Waals surface area contributed by atoms with Crippen molar-refractivity contribution in [2.45, 2.75) is 44.8 Å². The topological polar surface area (TPSA) is 55.8 Å². The van der Waals surface area contributed by atoms with E-state index in [4.69, 9.17) is 21.1 Å². The Labute approximate surface area is 218 Å². The zero-order chi connectivity index (χ0) is 25.9. The van der Waals surface area contributed by atoms with Crippen LogP contribution >= 0.6 is 11.6 Å². The number of methoxy groups -OCH3 is 1. The molecule has 0 radical (unpaired) electrons. The summed E-state index contributed by atoms with van der Waals surface area (Å²) in [5.41, 5.74) is 0.316. The average Bonchev–Trinajstić information content (AvgIpc) is 3.23. The van der Waals surface area contributed by atoms with Crippen LogP contribution in [0.5, 0.6) is 5.75 Å². The number of rotatable bonds is 7. The molecule has 1 fully saturated rings. The van der Waals surface area contributed by atoms with Crippen molar-refractivity contribution in [1.29, 1.82) is 0 Å². The van der Waals surface area contributed by atoms with Gasteiger partial charge in [-0.25, -0.2) is 4.79 Å². The fraction of sp³-hybridized carbons (Fsp3) is 0.333. The summed E-state index contributed by atoms with van der Waals surface area (Å²) in [6.45, 7) is 6.16. The Kier molecular flexibility index (Phi) is 7.41. The number of carbonyl (C=O) groups is 2. The van der Waals surface area contributed by atoms with Gasteiger partial charge < -0.3 is 14.4 Å². The number of hydrogen-bond donors (Lipinski definition) is 0. The monoisotopic (exact) mass is 505 g/mol. The van der Waals surface area contributed by atoms with Gasteiger partial charge in [0.25, 0.3) is 0 Å². The number of carbonyl (C=O) groups excluding carboxylic acids is 2. The number of ketones is 1. The van der Waals surface area contributed by atoms with Crippen molar-refractivity contribution >= 4 is 29.0 Å². The van der Waals surface area contributed by atoms with E-state index in [1.807, 2.05) is 87.5 Å². The molecular weight excluding hydrogens is 474 g/mol. The highest BCUT2D eigenvalue weighted by Gasteiger charge is 2.58. The van der Waals surface area contributed by atoms with E-state index in [2.05, 4.69) is 4.90 Å². The van der Waals surface area contributed by atoms with Gasteiger partial charge in [-0.3, -0.25) is 4.79 Å². The van der Waals surface area contributed by atoms with Crippen LogP contribution in [0.2, 0.25) is 5.02 Å². The Balaban J connectivity index is 1.87. The number of nitrogens with zero attached hydrogens (tertiary/aromatic N) is 1. The minimum absolute atomic E-state index is 0.000854. The van der Waals surface area contributed by atoms with Crippen molar-refractivity contribution in [3.05, 3.63) is 95.0 Å². The molecule has 1 saturated heterocycles. The summed E-state index contributed by atoms with van der Waals surface area (Å²) in [5, 5.41) is 0.573. The van der Waals surface area contributed by atoms with E-state index in [0.29, 0.717) is 23.6 Å². The summed E-state index contributed by atoms with van der Waals surface area (Å²) >= 11 is 6.24. The third-order valence-corrected chi connectivity index (χ3v) is 6.88. The molecule has 1 aliphatic heterocycles. The lowest BCUT2D eigenvalue weighted by Gasteiger charge is -2.43. The van der Waals surface area contributed by atoms with E-state index in [9.17, 15) is 9.59 Å². The quantitative estimate of drug-likeness (QED) is 0.264. The van der Waals surface area contributed by atoms with Crippen LogP contribution in [0, 0.1) is 5.92 Å². The van der Waals surface area contributed by atoms with E-state index in [-0.39, 0.29) is 24.1 Å². The molecule has 4 rings (SSSR count). The molecule has 0 amide bonds. The summed E-state index contributed by atoms with van der Waals surface area (Å²) in [6.07, 6.45) is 0.852. The highest BCUT2D eigenvalue weighted by atomic mass is 35.5. The second kappa shape index (κ2) is 10.4. The van der Waals surface area contributed by atoms with Crippen LogP contribution < -0.4 is 9.64 Å². The SMILES string of the molecule is COc1ccc(N2CC[C@@H](CC(=O)c3ccccc3)[C@]2(C(=O)OC(C)(C)C)c2ccc(Cl)cc2)cc1. The summed E-state index contributed by atoms with van der Waals surface area (Å²) in [6, 6.07) is 24.2. The normalized spacial score (nSPS) is 19.7. The second-order valence-corrected chi connectivity index (χ2v) is 10.5. The fourth-order valence-corrected chi connectivity index (χ4v) is 5.17. The van der Waals surface area contributed by atoms with Crippen LogP contribution in [0.1, 0.15) is 49.5 Å². The number of ether oxygens (including phenoxy) is 2. The van der Waals surface area contributed by atoms with Crippen molar-refractivity contribution in [3.63, 3.8) is 0 Å². The first-order valence-corrected chi connectivity index (χ1v) is 12.5. The molecule has 0 N–H and O–H groups in total. The highest BCUT2D eigenvalue weighted by molar-refractivity contribution is 6.30. The number of hydrogen-bond acceptors (Lipinski definition) is 5. The Morgan fingerprint density at radius 2 is 1.61 bits per heavy atom. The maximum Gasteiger partial charge on any atom is 0.337 e. The van der Waals surface area contributed by atoms with E-state index < -0.39 is 11.1 Å². The first-order chi connectivity index (χ1) is 17.1. The number of halogens is 1. The Bertz CT molecular complexity index is 1200. The lowest BCUT2D eigenvalue weighted by Crippen LogP contribution is -2.54. The molecule has 0 saturated carbocycles. The van der Waals surface area contributed by atoms with Crippen molar-refractivity contribution in [2.75, 3.05) is 18.6 Å². The molecule has 0 bridgehead atoms. The number of benzene rings is 3. The van der Waals surface area contributed by atoms with Crippen LogP contribution in [0.25, 0.3) is 0 Å². The summed E-state index contributed by atoms with van der Waals surface area (Å²) in [7, 11) is 1.62. The minimum Gasteiger partial charge on any atom is -0.497 e. The van der Waals surface area contributed by atoms with E-state index >= 15 is 0 Å². The summed E-state index contributed by atoms with van der Waals surface area (Å²) in [5.74, 6) is 0.0297. The van der Waals surface area contributed by atoms with Crippen molar-refractivity contribution < 1.29 is 19.1 Å². The number of Topliss-reactive ketones (excluding diaryl/α,β-unsaturated/α-hetero) is 1. The summed E-state index contributed by atoms with van der Waals surface area (Å²) in [4.78, 5) is 29.7. The van der Waals surface area contributed by atoms with Crippen LogP contribution in [0.4, 0.5) is 5.69 Å². The van der Waals surface area contributed by atoms with Gasteiger partial charge in [-0.2, -0.15) is 0 Å². The molecule has 2 atom stereocenters. The van der Waals surface area contributed by atoms with Gasteiger partial charge in [0, 0.05) is 35.2 Å². The first-order valence-electron chi connectivity index (χ1n) is 12.1. The smallest absolute Gasteiger partial charge is 0.337 e. The van der Waals surface area contributed by atoms with Gasteiger partial charge in [0.15, 0.2) is 11.3 Å². The molecule has 3 aromatic rings. The predicted octanol–water partition coefficient (Wildman–Crippen LogP) is 6.69. The average molecular weight is 506 g/mol. The molecule has 5 nitrogen and oxygen atoms in total. The lowest BCUT2D eigenvalue weighted by atomic mass is 9.75. The Morgan fingerprint density at radius 3 is 2.19 bits per heavy atom. The Hall–Kier alpha value is -3.31. The molecule has 36 heavy (non-hydrogen) atoms. The molecule has 0 unspecified atom stereocenters. The van der Waals surface area contributed by atoms with Gasteiger partial charge in [-0.15, -0.1) is 0 Å². The van der Waals surface area contributed by atoms with E-state index in [1.165, 1.54) is 0 Å². The van der Waals surface area contributed by atoms with Gasteiger partial charge in [0.2, 0.25) is 0 Å². The molecule has 0 aliphatic carbocycles. The fourth-order valence-electron chi connectivity index (χ4n) is 5.05. The maximum atomic E-state index is 14.3. The van der Waals surface area contributed by atoms with Crippen LogP contribution in [0.3, 0.4) is 0 Å². The molecule has 1 heterocycles. The van der Waals surface area contributed by atoms with Crippen molar-refractivity contribution in [1.82, 2.24) is 0 Å². The minimum atomic E-state index is -1.21. The standard InChI is InChI=1S/C30H32ClNO4/c1-29(2,3)36-28(34)30(22-10-12-24(31)13-11-22)23(20-27(33)21-8-6-5-7-9-21)18-19-32(30)25-14-16-26(35-4)17-15-25/h5-17,23H,18-20H2,1-4H3/t23-,30-/m0/s1. The maximum absolute atomic E-state index is 14.3. The van der Waals surface area contributed by atoms with Crippen molar-refractivity contribution in [2.24, 2.45) is 5.92 Å². The third-order valence-electron chi connectivity index (χ3n) is 6.62.